The van der Waals surface area contributed by atoms with Gasteiger partial charge in [0.15, 0.2) is 0 Å². The first-order valence-corrected chi connectivity index (χ1v) is 8.46. The Balaban J connectivity index is 1.88. The van der Waals surface area contributed by atoms with Crippen LogP contribution in [0.3, 0.4) is 0 Å². The van der Waals surface area contributed by atoms with E-state index in [4.69, 9.17) is 16.3 Å². The average Bonchev–Trinajstić information content (AvgIpc) is 2.96. The summed E-state index contributed by atoms with van der Waals surface area (Å²) in [7, 11) is 0. The van der Waals surface area contributed by atoms with E-state index in [9.17, 15) is 0 Å². The Bertz CT molecular complexity index is 514. The molecule has 4 heteroatoms. The Morgan fingerprint density at radius 1 is 1.33 bits per heavy atom. The second kappa shape index (κ2) is 6.15. The van der Waals surface area contributed by atoms with Gasteiger partial charge < -0.3 is 10.1 Å². The summed E-state index contributed by atoms with van der Waals surface area (Å²) in [5.41, 5.74) is 2.78. The largest absolute Gasteiger partial charge is 0.493 e. The highest BCUT2D eigenvalue weighted by Crippen LogP contribution is 2.36. The van der Waals surface area contributed by atoms with Gasteiger partial charge in [-0.1, -0.05) is 25.4 Å². The first-order chi connectivity index (χ1) is 10.2. The normalized spacial score (nSPS) is 21.1. The minimum atomic E-state index is 0.256. The Morgan fingerprint density at radius 2 is 2.14 bits per heavy atom. The Labute approximate surface area is 132 Å². The van der Waals surface area contributed by atoms with Crippen LogP contribution in [0.15, 0.2) is 12.1 Å². The number of fused-ring (bicyclic) bond motifs is 1. The summed E-state index contributed by atoms with van der Waals surface area (Å²) in [5, 5.41) is 4.39. The minimum Gasteiger partial charge on any atom is -0.493 e. The number of hydrogen-bond donors (Lipinski definition) is 1. The molecule has 3 nitrogen and oxygen atoms in total. The van der Waals surface area contributed by atoms with Gasteiger partial charge in [-0.3, -0.25) is 4.90 Å². The van der Waals surface area contributed by atoms with Crippen molar-refractivity contribution in [1.29, 1.82) is 0 Å². The molecular weight excluding hydrogens is 284 g/mol. The third-order valence-corrected chi connectivity index (χ3v) is 5.40. The van der Waals surface area contributed by atoms with Gasteiger partial charge in [0.05, 0.1) is 6.61 Å². The molecule has 0 amide bonds. The third-order valence-electron chi connectivity index (χ3n) is 5.19. The fourth-order valence-electron chi connectivity index (χ4n) is 3.75. The first-order valence-electron chi connectivity index (χ1n) is 8.08. The van der Waals surface area contributed by atoms with Crippen molar-refractivity contribution in [3.63, 3.8) is 0 Å². The molecule has 0 aromatic heterocycles. The van der Waals surface area contributed by atoms with Gasteiger partial charge >= 0.3 is 0 Å². The summed E-state index contributed by atoms with van der Waals surface area (Å²) in [6.07, 6.45) is 3.32. The number of hydrogen-bond acceptors (Lipinski definition) is 3. The maximum atomic E-state index is 6.30. The van der Waals surface area contributed by atoms with E-state index in [0.29, 0.717) is 0 Å². The molecule has 0 aliphatic carbocycles. The SMILES string of the molecule is CCC1(CC)CNCCN1Cc1cc(Cl)cc2c1OCC2. The molecule has 0 saturated carbocycles. The highest BCUT2D eigenvalue weighted by atomic mass is 35.5. The smallest absolute Gasteiger partial charge is 0.127 e. The number of nitrogens with one attached hydrogen (secondary N) is 1. The fraction of sp³-hybridized carbons (Fsp3) is 0.647. The number of piperazine rings is 1. The van der Waals surface area contributed by atoms with Gasteiger partial charge in [0.1, 0.15) is 5.75 Å². The number of rotatable bonds is 4. The van der Waals surface area contributed by atoms with Crippen LogP contribution < -0.4 is 10.1 Å². The van der Waals surface area contributed by atoms with Crippen LogP contribution in [0.1, 0.15) is 37.8 Å². The van der Waals surface area contributed by atoms with E-state index in [0.717, 1.165) is 50.0 Å². The van der Waals surface area contributed by atoms with Crippen molar-refractivity contribution >= 4 is 11.6 Å². The predicted molar refractivity (Wildman–Crippen MR) is 87.2 cm³/mol. The lowest BCUT2D eigenvalue weighted by atomic mass is 9.88. The number of halogens is 1. The van der Waals surface area contributed by atoms with Crippen LogP contribution in [0.4, 0.5) is 0 Å². The highest BCUT2D eigenvalue weighted by molar-refractivity contribution is 6.30. The lowest BCUT2D eigenvalue weighted by molar-refractivity contribution is 0.0441. The van der Waals surface area contributed by atoms with Crippen molar-refractivity contribution in [3.05, 3.63) is 28.3 Å². The lowest BCUT2D eigenvalue weighted by Crippen LogP contribution is -2.60. The van der Waals surface area contributed by atoms with E-state index >= 15 is 0 Å². The number of benzene rings is 1. The second-order valence-corrected chi connectivity index (χ2v) is 6.62. The lowest BCUT2D eigenvalue weighted by Gasteiger charge is -2.47. The molecule has 2 aliphatic rings. The molecule has 0 spiro atoms. The minimum absolute atomic E-state index is 0.256. The summed E-state index contributed by atoms with van der Waals surface area (Å²) in [6.45, 7) is 9.53. The molecular formula is C17H25ClN2O. The maximum absolute atomic E-state index is 6.30. The molecule has 1 aromatic rings. The van der Waals surface area contributed by atoms with E-state index < -0.39 is 0 Å². The first kappa shape index (κ1) is 15.1. The molecule has 0 radical (unpaired) electrons. The molecule has 2 heterocycles. The van der Waals surface area contributed by atoms with Crippen LogP contribution in [0.25, 0.3) is 0 Å². The summed E-state index contributed by atoms with van der Waals surface area (Å²) in [4.78, 5) is 2.62. The summed E-state index contributed by atoms with van der Waals surface area (Å²) < 4.78 is 5.86. The van der Waals surface area contributed by atoms with Crippen molar-refractivity contribution < 1.29 is 4.74 Å². The van der Waals surface area contributed by atoms with Gasteiger partial charge in [0.25, 0.3) is 0 Å². The standard InChI is InChI=1S/C17H25ClN2O/c1-3-17(4-2)12-19-6-7-20(17)11-14-10-15(18)9-13-5-8-21-16(13)14/h9-10,19H,3-8,11-12H2,1-2H3. The zero-order valence-electron chi connectivity index (χ0n) is 13.0. The highest BCUT2D eigenvalue weighted by Gasteiger charge is 2.36. The van der Waals surface area contributed by atoms with Crippen LogP contribution >= 0.6 is 11.6 Å². The molecule has 1 aromatic carbocycles. The molecule has 0 unspecified atom stereocenters. The van der Waals surface area contributed by atoms with E-state index in [1.165, 1.54) is 24.0 Å². The number of nitrogens with zero attached hydrogens (tertiary/aromatic N) is 1. The summed E-state index contributed by atoms with van der Waals surface area (Å²) >= 11 is 6.30. The van der Waals surface area contributed by atoms with Gasteiger partial charge in [-0.2, -0.15) is 0 Å². The summed E-state index contributed by atoms with van der Waals surface area (Å²) in [5.74, 6) is 1.08. The predicted octanol–water partition coefficient (Wildman–Crippen LogP) is 3.24. The van der Waals surface area contributed by atoms with Gasteiger partial charge in [0.2, 0.25) is 0 Å². The second-order valence-electron chi connectivity index (χ2n) is 6.18. The van der Waals surface area contributed by atoms with Gasteiger partial charge in [-0.25, -0.2) is 0 Å². The average molecular weight is 309 g/mol. The van der Waals surface area contributed by atoms with Crippen molar-refractivity contribution in [2.24, 2.45) is 0 Å². The van der Waals surface area contributed by atoms with E-state index in [2.05, 4.69) is 36.2 Å². The van der Waals surface area contributed by atoms with E-state index in [1.807, 2.05) is 0 Å². The topological polar surface area (TPSA) is 24.5 Å². The van der Waals surface area contributed by atoms with Crippen molar-refractivity contribution in [1.82, 2.24) is 10.2 Å². The van der Waals surface area contributed by atoms with Crippen LogP contribution in [-0.2, 0) is 13.0 Å². The fourth-order valence-corrected chi connectivity index (χ4v) is 4.01. The molecule has 1 N–H and O–H groups in total. The molecule has 1 saturated heterocycles. The van der Waals surface area contributed by atoms with Gasteiger partial charge in [-0.05, 0) is 30.5 Å². The van der Waals surface area contributed by atoms with Gasteiger partial charge in [-0.15, -0.1) is 0 Å². The molecule has 21 heavy (non-hydrogen) atoms. The Morgan fingerprint density at radius 3 is 2.90 bits per heavy atom. The molecule has 2 aliphatic heterocycles. The molecule has 0 bridgehead atoms. The van der Waals surface area contributed by atoms with E-state index in [-0.39, 0.29) is 5.54 Å². The van der Waals surface area contributed by atoms with Crippen molar-refractivity contribution in [2.75, 3.05) is 26.2 Å². The molecule has 116 valence electrons. The third kappa shape index (κ3) is 2.79. The molecule has 0 atom stereocenters. The number of ether oxygens (including phenoxy) is 1. The van der Waals surface area contributed by atoms with Crippen LogP contribution in [-0.4, -0.2) is 36.7 Å². The zero-order chi connectivity index (χ0) is 14.9. The van der Waals surface area contributed by atoms with E-state index in [1.54, 1.807) is 0 Å². The molecule has 1 fully saturated rings. The van der Waals surface area contributed by atoms with Crippen molar-refractivity contribution in [3.8, 4) is 5.75 Å². The van der Waals surface area contributed by atoms with Gasteiger partial charge in [0, 0.05) is 48.7 Å². The molecule has 3 rings (SSSR count). The quantitative estimate of drug-likeness (QED) is 0.924. The Hall–Kier alpha value is -0.770. The maximum Gasteiger partial charge on any atom is 0.127 e. The van der Waals surface area contributed by atoms with Crippen molar-refractivity contribution in [2.45, 2.75) is 45.2 Å². The van der Waals surface area contributed by atoms with Crippen LogP contribution in [0, 0.1) is 0 Å². The van der Waals surface area contributed by atoms with Crippen LogP contribution in [0.5, 0.6) is 5.75 Å². The Kier molecular flexibility index (Phi) is 4.43. The monoisotopic (exact) mass is 308 g/mol. The zero-order valence-corrected chi connectivity index (χ0v) is 13.8. The van der Waals surface area contributed by atoms with Crippen LogP contribution in [0.2, 0.25) is 5.02 Å². The summed E-state index contributed by atoms with van der Waals surface area (Å²) in [6, 6.07) is 4.14.